The predicted octanol–water partition coefficient (Wildman–Crippen LogP) is 3.55. The molecule has 0 heterocycles. The summed E-state index contributed by atoms with van der Waals surface area (Å²) in [5.41, 5.74) is 6.77. The smallest absolute Gasteiger partial charge is 0.0885 e. The number of ether oxygens (including phenoxy) is 1. The average Bonchev–Trinajstić information content (AvgIpc) is 2.71. The summed E-state index contributed by atoms with van der Waals surface area (Å²) in [6.07, 6.45) is 7.19. The molecule has 2 rings (SSSR count). The Labute approximate surface area is 122 Å². The van der Waals surface area contributed by atoms with Gasteiger partial charge in [-0.2, -0.15) is 0 Å². The van der Waals surface area contributed by atoms with Crippen LogP contribution in [0.3, 0.4) is 0 Å². The van der Waals surface area contributed by atoms with Gasteiger partial charge in [0.25, 0.3) is 0 Å². The van der Waals surface area contributed by atoms with Gasteiger partial charge in [0.2, 0.25) is 0 Å². The number of benzene rings is 1. The van der Waals surface area contributed by atoms with Crippen molar-refractivity contribution in [2.75, 3.05) is 7.11 Å². The molecular formula is C17H28N2O. The van der Waals surface area contributed by atoms with Crippen LogP contribution in [0.2, 0.25) is 0 Å². The van der Waals surface area contributed by atoms with Crippen LogP contribution in [0, 0.1) is 13.8 Å². The Kier molecular flexibility index (Phi) is 5.19. The molecule has 3 N–H and O–H groups in total. The quantitative estimate of drug-likeness (QED) is 0.502. The summed E-state index contributed by atoms with van der Waals surface area (Å²) in [6, 6.07) is 6.50. The van der Waals surface area contributed by atoms with Gasteiger partial charge in [0, 0.05) is 7.11 Å². The molecule has 1 saturated carbocycles. The lowest BCUT2D eigenvalue weighted by molar-refractivity contribution is -0.0542. The fourth-order valence-electron chi connectivity index (χ4n) is 3.55. The molecule has 112 valence electrons. The molecule has 1 aromatic carbocycles. The van der Waals surface area contributed by atoms with Crippen molar-refractivity contribution in [2.24, 2.45) is 5.84 Å². The Balaban J connectivity index is 2.40. The van der Waals surface area contributed by atoms with Crippen molar-refractivity contribution in [3.8, 4) is 0 Å². The first kappa shape index (κ1) is 15.5. The van der Waals surface area contributed by atoms with Crippen molar-refractivity contribution in [3.05, 3.63) is 34.9 Å². The molecule has 1 unspecified atom stereocenters. The zero-order valence-electron chi connectivity index (χ0n) is 13.0. The van der Waals surface area contributed by atoms with Gasteiger partial charge in [-0.3, -0.25) is 11.3 Å². The van der Waals surface area contributed by atoms with Crippen LogP contribution in [0.4, 0.5) is 0 Å². The molecule has 1 aliphatic carbocycles. The van der Waals surface area contributed by atoms with E-state index in [0.29, 0.717) is 0 Å². The van der Waals surface area contributed by atoms with Crippen molar-refractivity contribution in [1.29, 1.82) is 0 Å². The summed E-state index contributed by atoms with van der Waals surface area (Å²) in [4.78, 5) is 0. The van der Waals surface area contributed by atoms with Crippen molar-refractivity contribution in [3.63, 3.8) is 0 Å². The van der Waals surface area contributed by atoms with E-state index in [1.165, 1.54) is 42.4 Å². The first-order valence-corrected chi connectivity index (χ1v) is 7.72. The highest BCUT2D eigenvalue weighted by Gasteiger charge is 2.40. The molecule has 1 aliphatic rings. The third kappa shape index (κ3) is 2.90. The number of hydrazine groups is 1. The zero-order valence-corrected chi connectivity index (χ0v) is 13.0. The summed E-state index contributed by atoms with van der Waals surface area (Å²) >= 11 is 0. The third-order valence-electron chi connectivity index (χ3n) is 5.01. The molecule has 0 bridgehead atoms. The molecule has 20 heavy (non-hydrogen) atoms. The SMILES string of the molecule is COC1(C(NN)c2cccc(C)c2C)CCCCCC1. The summed E-state index contributed by atoms with van der Waals surface area (Å²) in [7, 11) is 1.83. The van der Waals surface area contributed by atoms with Crippen LogP contribution in [-0.4, -0.2) is 12.7 Å². The molecule has 0 saturated heterocycles. The van der Waals surface area contributed by atoms with Gasteiger partial charge in [-0.15, -0.1) is 0 Å². The molecular weight excluding hydrogens is 248 g/mol. The standard InChI is InChI=1S/C17H28N2O/c1-13-9-8-10-15(14(13)2)16(19-18)17(20-3)11-6-4-5-7-12-17/h8-10,16,19H,4-7,11-12,18H2,1-3H3. The molecule has 1 fully saturated rings. The molecule has 3 heteroatoms. The number of methoxy groups -OCH3 is 1. The maximum atomic E-state index is 6.02. The van der Waals surface area contributed by atoms with Gasteiger partial charge in [0.15, 0.2) is 0 Å². The molecule has 1 atom stereocenters. The average molecular weight is 276 g/mol. The second-order valence-electron chi connectivity index (χ2n) is 6.07. The van der Waals surface area contributed by atoms with Gasteiger partial charge < -0.3 is 4.74 Å². The Bertz CT molecular complexity index is 437. The lowest BCUT2D eigenvalue weighted by Crippen LogP contribution is -2.48. The minimum atomic E-state index is -0.177. The highest BCUT2D eigenvalue weighted by Crippen LogP contribution is 2.41. The maximum absolute atomic E-state index is 6.02. The monoisotopic (exact) mass is 276 g/mol. The third-order valence-corrected chi connectivity index (χ3v) is 5.01. The normalized spacial score (nSPS) is 20.4. The van der Waals surface area contributed by atoms with E-state index in [9.17, 15) is 0 Å². The van der Waals surface area contributed by atoms with Crippen LogP contribution in [-0.2, 0) is 4.74 Å². The summed E-state index contributed by atoms with van der Waals surface area (Å²) in [5.74, 6) is 5.94. The van der Waals surface area contributed by atoms with E-state index in [-0.39, 0.29) is 11.6 Å². The molecule has 0 aromatic heterocycles. The second-order valence-corrected chi connectivity index (χ2v) is 6.07. The number of aryl methyl sites for hydroxylation is 1. The van der Waals surface area contributed by atoms with Crippen molar-refractivity contribution >= 4 is 0 Å². The fraction of sp³-hybridized carbons (Fsp3) is 0.647. The number of nitrogens with one attached hydrogen (secondary N) is 1. The van der Waals surface area contributed by atoms with Gasteiger partial charge in [-0.1, -0.05) is 43.9 Å². The van der Waals surface area contributed by atoms with E-state index in [1.54, 1.807) is 0 Å². The maximum Gasteiger partial charge on any atom is 0.0885 e. The number of hydrogen-bond donors (Lipinski definition) is 2. The van der Waals surface area contributed by atoms with E-state index in [1.807, 2.05) is 7.11 Å². The molecule has 3 nitrogen and oxygen atoms in total. The minimum Gasteiger partial charge on any atom is -0.376 e. The van der Waals surface area contributed by atoms with E-state index in [4.69, 9.17) is 10.6 Å². The highest BCUT2D eigenvalue weighted by molar-refractivity contribution is 5.37. The van der Waals surface area contributed by atoms with Crippen LogP contribution >= 0.6 is 0 Å². The van der Waals surface area contributed by atoms with Gasteiger partial charge in [-0.25, -0.2) is 0 Å². The lowest BCUT2D eigenvalue weighted by Gasteiger charge is -2.40. The molecule has 1 aromatic rings. The summed E-state index contributed by atoms with van der Waals surface area (Å²) in [6.45, 7) is 4.33. The van der Waals surface area contributed by atoms with Crippen LogP contribution < -0.4 is 11.3 Å². The van der Waals surface area contributed by atoms with Crippen LogP contribution in [0.1, 0.15) is 61.3 Å². The van der Waals surface area contributed by atoms with Crippen molar-refractivity contribution in [1.82, 2.24) is 5.43 Å². The largest absolute Gasteiger partial charge is 0.376 e. The lowest BCUT2D eigenvalue weighted by atomic mass is 9.80. The second kappa shape index (κ2) is 6.70. The van der Waals surface area contributed by atoms with Crippen molar-refractivity contribution in [2.45, 2.75) is 64.0 Å². The molecule has 0 radical (unpaired) electrons. The topological polar surface area (TPSA) is 47.3 Å². The molecule has 0 aliphatic heterocycles. The van der Waals surface area contributed by atoms with Gasteiger partial charge in [0.05, 0.1) is 11.6 Å². The molecule has 0 amide bonds. The number of nitrogens with two attached hydrogens (primary N) is 1. The van der Waals surface area contributed by atoms with Gasteiger partial charge in [0.1, 0.15) is 0 Å². The number of hydrogen-bond acceptors (Lipinski definition) is 3. The minimum absolute atomic E-state index is 0.0606. The predicted molar refractivity (Wildman–Crippen MR) is 83.4 cm³/mol. The first-order chi connectivity index (χ1) is 9.64. The molecule has 0 spiro atoms. The highest BCUT2D eigenvalue weighted by atomic mass is 16.5. The Hall–Kier alpha value is -0.900. The summed E-state index contributed by atoms with van der Waals surface area (Å²) < 4.78 is 6.02. The van der Waals surface area contributed by atoms with Crippen molar-refractivity contribution < 1.29 is 4.74 Å². The van der Waals surface area contributed by atoms with Gasteiger partial charge in [-0.05, 0) is 43.4 Å². The Morgan fingerprint density at radius 3 is 2.35 bits per heavy atom. The van der Waals surface area contributed by atoms with E-state index in [0.717, 1.165) is 12.8 Å². The number of rotatable bonds is 4. The van der Waals surface area contributed by atoms with E-state index < -0.39 is 0 Å². The Morgan fingerprint density at radius 1 is 1.15 bits per heavy atom. The van der Waals surface area contributed by atoms with Crippen LogP contribution in [0.5, 0.6) is 0 Å². The first-order valence-electron chi connectivity index (χ1n) is 7.72. The van der Waals surface area contributed by atoms with E-state index >= 15 is 0 Å². The van der Waals surface area contributed by atoms with E-state index in [2.05, 4.69) is 37.5 Å². The van der Waals surface area contributed by atoms with Gasteiger partial charge >= 0.3 is 0 Å². The Morgan fingerprint density at radius 2 is 1.80 bits per heavy atom. The zero-order chi connectivity index (χ0) is 14.6. The van der Waals surface area contributed by atoms with Crippen LogP contribution in [0.15, 0.2) is 18.2 Å². The fourth-order valence-corrected chi connectivity index (χ4v) is 3.55. The van der Waals surface area contributed by atoms with Crippen LogP contribution in [0.25, 0.3) is 0 Å². The summed E-state index contributed by atoms with van der Waals surface area (Å²) in [5, 5.41) is 0.